The van der Waals surface area contributed by atoms with Crippen LogP contribution in [0.1, 0.15) is 34.4 Å². The minimum atomic E-state index is -0.150. The van der Waals surface area contributed by atoms with Crippen molar-refractivity contribution in [3.05, 3.63) is 35.2 Å². The van der Waals surface area contributed by atoms with Gasteiger partial charge in [-0.2, -0.15) is 5.10 Å². The van der Waals surface area contributed by atoms with Crippen LogP contribution in [0, 0.1) is 13.8 Å². The molecule has 0 aliphatic rings. The van der Waals surface area contributed by atoms with Crippen molar-refractivity contribution >= 4 is 5.91 Å². The van der Waals surface area contributed by atoms with Gasteiger partial charge in [-0.25, -0.2) is 4.98 Å². The predicted molar refractivity (Wildman–Crippen MR) is 76.6 cm³/mol. The summed E-state index contributed by atoms with van der Waals surface area (Å²) in [6.07, 6.45) is 4.30. The molecule has 0 aromatic carbocycles. The number of aromatic nitrogens is 4. The van der Waals surface area contributed by atoms with E-state index in [9.17, 15) is 4.79 Å². The first-order valence-electron chi connectivity index (χ1n) is 6.82. The molecule has 1 N–H and O–H groups in total. The summed E-state index contributed by atoms with van der Waals surface area (Å²) >= 11 is 0. The molecule has 2 aromatic rings. The van der Waals surface area contributed by atoms with Crippen LogP contribution in [0.2, 0.25) is 0 Å². The lowest BCUT2D eigenvalue weighted by atomic mass is 10.1. The number of carbonyl (C=O) groups is 1. The molecule has 0 bridgehead atoms. The van der Waals surface area contributed by atoms with Crippen LogP contribution < -0.4 is 5.32 Å². The molecule has 0 spiro atoms. The fraction of sp³-hybridized carbons (Fsp3) is 0.500. The normalized spacial score (nSPS) is 10.8. The van der Waals surface area contributed by atoms with E-state index in [0.29, 0.717) is 18.8 Å². The highest BCUT2D eigenvalue weighted by molar-refractivity contribution is 5.91. The molecule has 0 atom stereocenters. The molecular weight excluding hydrogens is 254 g/mol. The van der Waals surface area contributed by atoms with Crippen molar-refractivity contribution in [2.45, 2.75) is 33.7 Å². The van der Waals surface area contributed by atoms with Gasteiger partial charge in [0.1, 0.15) is 5.69 Å². The van der Waals surface area contributed by atoms with Crippen LogP contribution in [0.25, 0.3) is 0 Å². The van der Waals surface area contributed by atoms with E-state index in [-0.39, 0.29) is 5.91 Å². The highest BCUT2D eigenvalue weighted by Crippen LogP contribution is 2.12. The van der Waals surface area contributed by atoms with E-state index in [1.165, 1.54) is 11.3 Å². The maximum absolute atomic E-state index is 11.8. The summed E-state index contributed by atoms with van der Waals surface area (Å²) in [5.41, 5.74) is 3.98. The molecule has 0 aliphatic heterocycles. The number of rotatable bonds is 5. The minimum absolute atomic E-state index is 0.150. The molecule has 2 aromatic heterocycles. The van der Waals surface area contributed by atoms with Gasteiger partial charge in [0.2, 0.25) is 0 Å². The van der Waals surface area contributed by atoms with Crippen LogP contribution in [0.5, 0.6) is 0 Å². The van der Waals surface area contributed by atoms with Crippen molar-refractivity contribution in [3.8, 4) is 0 Å². The van der Waals surface area contributed by atoms with Crippen molar-refractivity contribution < 1.29 is 4.79 Å². The summed E-state index contributed by atoms with van der Waals surface area (Å²) in [5, 5.41) is 7.36. The lowest BCUT2D eigenvalue weighted by Crippen LogP contribution is -2.28. The second-order valence-corrected chi connectivity index (χ2v) is 4.91. The van der Waals surface area contributed by atoms with Gasteiger partial charge in [-0.3, -0.25) is 9.48 Å². The third kappa shape index (κ3) is 2.89. The summed E-state index contributed by atoms with van der Waals surface area (Å²) in [7, 11) is 1.84. The van der Waals surface area contributed by atoms with Gasteiger partial charge in [-0.15, -0.1) is 0 Å². The first-order valence-corrected chi connectivity index (χ1v) is 6.82. The second-order valence-electron chi connectivity index (χ2n) is 4.91. The molecule has 2 heterocycles. The fourth-order valence-electron chi connectivity index (χ4n) is 2.36. The molecule has 108 valence electrons. The minimum Gasteiger partial charge on any atom is -0.349 e. The number of carbonyl (C=O) groups excluding carboxylic acids is 1. The van der Waals surface area contributed by atoms with Gasteiger partial charge in [0.25, 0.3) is 5.91 Å². The van der Waals surface area contributed by atoms with Crippen LogP contribution in [-0.2, 0) is 20.0 Å². The molecule has 6 heteroatoms. The topological polar surface area (TPSA) is 64.7 Å². The molecule has 0 unspecified atom stereocenters. The Balaban J connectivity index is 1.92. The number of aryl methyl sites for hydroxylation is 2. The van der Waals surface area contributed by atoms with Crippen LogP contribution in [0.3, 0.4) is 0 Å². The summed E-state index contributed by atoms with van der Waals surface area (Å²) < 4.78 is 3.70. The quantitative estimate of drug-likeness (QED) is 0.892. The van der Waals surface area contributed by atoms with Crippen molar-refractivity contribution in [2.24, 2.45) is 7.05 Å². The number of hydrogen-bond donors (Lipinski definition) is 1. The van der Waals surface area contributed by atoms with E-state index < -0.39 is 0 Å². The molecule has 20 heavy (non-hydrogen) atoms. The standard InChI is InChI=1S/C14H21N5O/c1-5-12-10(2)17-19(11(12)3)7-6-15-14(20)13-8-18(4)9-16-13/h8-9H,5-7H2,1-4H3,(H,15,20). The number of nitrogens with one attached hydrogen (secondary N) is 1. The first-order chi connectivity index (χ1) is 9.52. The zero-order valence-electron chi connectivity index (χ0n) is 12.5. The Morgan fingerprint density at radius 3 is 2.70 bits per heavy atom. The summed E-state index contributed by atoms with van der Waals surface area (Å²) in [6, 6.07) is 0. The molecule has 0 saturated heterocycles. The molecular formula is C14H21N5O. The van der Waals surface area contributed by atoms with Gasteiger partial charge < -0.3 is 9.88 Å². The summed E-state index contributed by atoms with van der Waals surface area (Å²) in [6.45, 7) is 7.43. The van der Waals surface area contributed by atoms with Crippen molar-refractivity contribution in [3.63, 3.8) is 0 Å². The Hall–Kier alpha value is -2.11. The van der Waals surface area contributed by atoms with E-state index in [2.05, 4.69) is 29.2 Å². The van der Waals surface area contributed by atoms with Crippen molar-refractivity contribution in [1.29, 1.82) is 0 Å². The van der Waals surface area contributed by atoms with Crippen LogP contribution in [0.4, 0.5) is 0 Å². The number of hydrogen-bond acceptors (Lipinski definition) is 3. The lowest BCUT2D eigenvalue weighted by molar-refractivity contribution is 0.0947. The zero-order chi connectivity index (χ0) is 14.7. The van der Waals surface area contributed by atoms with Gasteiger partial charge in [0, 0.05) is 25.5 Å². The zero-order valence-corrected chi connectivity index (χ0v) is 12.5. The molecule has 0 fully saturated rings. The average molecular weight is 275 g/mol. The smallest absolute Gasteiger partial charge is 0.271 e. The Labute approximate surface area is 118 Å². The van der Waals surface area contributed by atoms with E-state index in [4.69, 9.17) is 0 Å². The first kappa shape index (κ1) is 14.3. The maximum atomic E-state index is 11.8. The Morgan fingerprint density at radius 1 is 1.40 bits per heavy atom. The molecule has 0 aliphatic carbocycles. The third-order valence-corrected chi connectivity index (χ3v) is 3.43. The van der Waals surface area contributed by atoms with E-state index in [0.717, 1.165) is 12.1 Å². The summed E-state index contributed by atoms with van der Waals surface area (Å²) in [4.78, 5) is 15.9. The highest BCUT2D eigenvalue weighted by Gasteiger charge is 2.11. The van der Waals surface area contributed by atoms with E-state index in [1.807, 2.05) is 18.7 Å². The van der Waals surface area contributed by atoms with Gasteiger partial charge in [0.15, 0.2) is 0 Å². The SMILES string of the molecule is CCc1c(C)nn(CCNC(=O)c2cn(C)cn2)c1C. The van der Waals surface area contributed by atoms with Gasteiger partial charge in [-0.1, -0.05) is 6.92 Å². The number of amides is 1. The van der Waals surface area contributed by atoms with Gasteiger partial charge in [-0.05, 0) is 25.8 Å². The highest BCUT2D eigenvalue weighted by atomic mass is 16.1. The lowest BCUT2D eigenvalue weighted by Gasteiger charge is -2.06. The largest absolute Gasteiger partial charge is 0.349 e. The summed E-state index contributed by atoms with van der Waals surface area (Å²) in [5.74, 6) is -0.150. The number of imidazole rings is 1. The monoisotopic (exact) mass is 275 g/mol. The van der Waals surface area contributed by atoms with Gasteiger partial charge >= 0.3 is 0 Å². The van der Waals surface area contributed by atoms with Gasteiger partial charge in [0.05, 0.1) is 18.6 Å². The maximum Gasteiger partial charge on any atom is 0.271 e. The van der Waals surface area contributed by atoms with Crippen molar-refractivity contribution in [2.75, 3.05) is 6.54 Å². The third-order valence-electron chi connectivity index (χ3n) is 3.43. The Kier molecular flexibility index (Phi) is 4.22. The molecule has 0 saturated carbocycles. The molecule has 1 amide bonds. The Morgan fingerprint density at radius 2 is 2.15 bits per heavy atom. The van der Waals surface area contributed by atoms with Crippen LogP contribution in [0.15, 0.2) is 12.5 Å². The number of nitrogens with zero attached hydrogens (tertiary/aromatic N) is 4. The van der Waals surface area contributed by atoms with E-state index in [1.54, 1.807) is 17.1 Å². The average Bonchev–Trinajstić information content (AvgIpc) is 2.94. The predicted octanol–water partition coefficient (Wildman–Crippen LogP) is 1.23. The molecule has 6 nitrogen and oxygen atoms in total. The Bertz CT molecular complexity index is 611. The van der Waals surface area contributed by atoms with Crippen LogP contribution in [-0.4, -0.2) is 31.8 Å². The second kappa shape index (κ2) is 5.90. The fourth-order valence-corrected chi connectivity index (χ4v) is 2.36. The van der Waals surface area contributed by atoms with E-state index >= 15 is 0 Å². The van der Waals surface area contributed by atoms with Crippen LogP contribution >= 0.6 is 0 Å². The van der Waals surface area contributed by atoms with Crippen molar-refractivity contribution in [1.82, 2.24) is 24.6 Å². The molecule has 2 rings (SSSR count). The molecule has 0 radical (unpaired) electrons.